The fourth-order valence-electron chi connectivity index (χ4n) is 1.65. The van der Waals surface area contributed by atoms with Crippen LogP contribution in [-0.2, 0) is 19.1 Å². The van der Waals surface area contributed by atoms with Crippen LogP contribution in [0.3, 0.4) is 0 Å². The number of benzene rings is 1. The molecule has 0 saturated heterocycles. The number of nitrogens with zero attached hydrogens (tertiary/aromatic N) is 2. The number of nitrogens with one attached hydrogen (secondary N) is 1. The molecule has 1 N–H and O–H groups in total. The summed E-state index contributed by atoms with van der Waals surface area (Å²) >= 11 is 1.11. The number of esters is 2. The Morgan fingerprint density at radius 3 is 2.48 bits per heavy atom. The predicted molar refractivity (Wildman–Crippen MR) is 77.9 cm³/mol. The van der Waals surface area contributed by atoms with Gasteiger partial charge in [0.15, 0.2) is 0 Å². The van der Waals surface area contributed by atoms with Gasteiger partial charge in [-0.25, -0.2) is 9.59 Å². The second kappa shape index (κ2) is 6.31. The molecule has 0 aliphatic carbocycles. The summed E-state index contributed by atoms with van der Waals surface area (Å²) in [6.45, 7) is 1.86. The van der Waals surface area contributed by atoms with Crippen LogP contribution in [0.15, 0.2) is 23.9 Å². The molecule has 0 saturated carbocycles. The third kappa shape index (κ3) is 3.34. The number of fused-ring (bicyclic) bond motifs is 1. The third-order valence-corrected chi connectivity index (χ3v) is 3.29. The number of aromatic nitrogens is 2. The normalized spacial score (nSPS) is 11.3. The summed E-state index contributed by atoms with van der Waals surface area (Å²) < 4.78 is 17.4. The first-order valence-corrected chi connectivity index (χ1v) is 6.66. The largest absolute Gasteiger partial charge is 0.466 e. The van der Waals surface area contributed by atoms with Gasteiger partial charge in [-0.2, -0.15) is 8.75 Å². The van der Waals surface area contributed by atoms with E-state index in [9.17, 15) is 9.59 Å². The minimum Gasteiger partial charge on any atom is -0.466 e. The molecule has 7 nitrogen and oxygen atoms in total. The molecule has 0 unspecified atom stereocenters. The van der Waals surface area contributed by atoms with E-state index in [1.165, 1.54) is 14.2 Å². The van der Waals surface area contributed by atoms with Gasteiger partial charge in [0.2, 0.25) is 0 Å². The van der Waals surface area contributed by atoms with Crippen LogP contribution in [0.4, 0.5) is 5.69 Å². The van der Waals surface area contributed by atoms with Crippen LogP contribution in [0.1, 0.15) is 5.56 Å². The maximum Gasteiger partial charge on any atom is 0.354 e. The Morgan fingerprint density at radius 1 is 1.19 bits per heavy atom. The number of carbonyl (C=O) groups excluding carboxylic acids is 2. The van der Waals surface area contributed by atoms with Gasteiger partial charge in [0.05, 0.1) is 32.0 Å². The lowest BCUT2D eigenvalue weighted by molar-refractivity contribution is -0.138. The summed E-state index contributed by atoms with van der Waals surface area (Å²) in [5, 5.41) is 2.87. The highest BCUT2D eigenvalue weighted by Crippen LogP contribution is 2.23. The molecule has 1 aromatic carbocycles. The van der Waals surface area contributed by atoms with Crippen molar-refractivity contribution in [3.8, 4) is 0 Å². The van der Waals surface area contributed by atoms with Gasteiger partial charge < -0.3 is 14.8 Å². The van der Waals surface area contributed by atoms with Crippen molar-refractivity contribution in [1.82, 2.24) is 8.75 Å². The van der Waals surface area contributed by atoms with E-state index in [1.807, 2.05) is 13.0 Å². The topological polar surface area (TPSA) is 90.4 Å². The summed E-state index contributed by atoms with van der Waals surface area (Å²) in [5.74, 6) is -1.33. The molecule has 8 heteroatoms. The van der Waals surface area contributed by atoms with E-state index in [-0.39, 0.29) is 5.70 Å². The average molecular weight is 307 g/mol. The number of methoxy groups -OCH3 is 2. The Hall–Kier alpha value is -2.48. The summed E-state index contributed by atoms with van der Waals surface area (Å²) in [5.41, 5.74) is 2.95. The first-order valence-electron chi connectivity index (χ1n) is 5.93. The van der Waals surface area contributed by atoms with Crippen molar-refractivity contribution in [2.24, 2.45) is 0 Å². The standard InChI is InChI=1S/C13H13N3O4S/c1-7-4-9-10(16-21-15-9)5-8(7)14-11(13(18)20-3)6-12(17)19-2/h4-6,14H,1-3H3/b11-6+. The molecule has 0 aliphatic rings. The van der Waals surface area contributed by atoms with Crippen LogP contribution in [0.2, 0.25) is 0 Å². The molecule has 0 aliphatic heterocycles. The van der Waals surface area contributed by atoms with Gasteiger partial charge in [0.25, 0.3) is 0 Å². The van der Waals surface area contributed by atoms with Gasteiger partial charge in [-0.3, -0.25) is 0 Å². The van der Waals surface area contributed by atoms with Crippen LogP contribution < -0.4 is 5.32 Å². The van der Waals surface area contributed by atoms with Gasteiger partial charge >= 0.3 is 11.9 Å². The van der Waals surface area contributed by atoms with E-state index in [0.717, 1.165) is 28.9 Å². The lowest BCUT2D eigenvalue weighted by Gasteiger charge is -2.11. The zero-order valence-electron chi connectivity index (χ0n) is 11.7. The minimum absolute atomic E-state index is 0.0185. The zero-order valence-corrected chi connectivity index (χ0v) is 12.5. The van der Waals surface area contributed by atoms with E-state index in [1.54, 1.807) is 6.07 Å². The van der Waals surface area contributed by atoms with Crippen molar-refractivity contribution in [2.45, 2.75) is 6.92 Å². The van der Waals surface area contributed by atoms with Crippen LogP contribution in [-0.4, -0.2) is 34.9 Å². The third-order valence-electron chi connectivity index (χ3n) is 2.74. The number of hydrogen-bond acceptors (Lipinski definition) is 8. The fourth-order valence-corrected chi connectivity index (χ4v) is 2.16. The summed E-state index contributed by atoms with van der Waals surface area (Å²) in [6, 6.07) is 3.59. The van der Waals surface area contributed by atoms with E-state index in [2.05, 4.69) is 23.5 Å². The molecule has 0 amide bonds. The maximum atomic E-state index is 11.7. The van der Waals surface area contributed by atoms with E-state index in [0.29, 0.717) is 11.2 Å². The lowest BCUT2D eigenvalue weighted by atomic mass is 10.1. The number of hydrogen-bond donors (Lipinski definition) is 1. The zero-order chi connectivity index (χ0) is 15.4. The Kier molecular flexibility index (Phi) is 4.49. The van der Waals surface area contributed by atoms with Crippen LogP contribution in [0.5, 0.6) is 0 Å². The second-order valence-electron chi connectivity index (χ2n) is 4.12. The summed E-state index contributed by atoms with van der Waals surface area (Å²) in [7, 11) is 2.46. The van der Waals surface area contributed by atoms with Gasteiger partial charge in [-0.05, 0) is 24.6 Å². The number of rotatable bonds is 4. The molecule has 0 radical (unpaired) electrons. The minimum atomic E-state index is -0.670. The van der Waals surface area contributed by atoms with Gasteiger partial charge in [0.1, 0.15) is 16.7 Å². The number of carbonyl (C=O) groups is 2. The van der Waals surface area contributed by atoms with E-state index in [4.69, 9.17) is 0 Å². The van der Waals surface area contributed by atoms with Crippen molar-refractivity contribution >= 4 is 40.4 Å². The van der Waals surface area contributed by atoms with Crippen LogP contribution in [0.25, 0.3) is 11.0 Å². The quantitative estimate of drug-likeness (QED) is 0.678. The number of ether oxygens (including phenoxy) is 2. The van der Waals surface area contributed by atoms with Crippen molar-refractivity contribution < 1.29 is 19.1 Å². The van der Waals surface area contributed by atoms with E-state index < -0.39 is 11.9 Å². The van der Waals surface area contributed by atoms with E-state index >= 15 is 0 Å². The molecule has 2 rings (SSSR count). The highest BCUT2D eigenvalue weighted by Gasteiger charge is 2.14. The summed E-state index contributed by atoms with van der Waals surface area (Å²) in [6.07, 6.45) is 1.04. The molecule has 2 aromatic rings. The molecule has 0 spiro atoms. The molecule has 1 heterocycles. The predicted octanol–water partition coefficient (Wildman–Crippen LogP) is 1.64. The molecule has 0 bridgehead atoms. The van der Waals surface area contributed by atoms with Crippen LogP contribution in [0, 0.1) is 6.92 Å². The Bertz CT molecular complexity index is 723. The Morgan fingerprint density at radius 2 is 1.86 bits per heavy atom. The monoisotopic (exact) mass is 307 g/mol. The average Bonchev–Trinajstić information content (AvgIpc) is 2.92. The molecule has 21 heavy (non-hydrogen) atoms. The maximum absolute atomic E-state index is 11.7. The molecule has 0 atom stereocenters. The fraction of sp³-hybridized carbons (Fsp3) is 0.231. The smallest absolute Gasteiger partial charge is 0.354 e. The first-order chi connectivity index (χ1) is 10.0. The molecular weight excluding hydrogens is 294 g/mol. The highest BCUT2D eigenvalue weighted by molar-refractivity contribution is 7.00. The Balaban J connectivity index is 2.38. The highest BCUT2D eigenvalue weighted by atomic mass is 32.1. The van der Waals surface area contributed by atoms with Crippen molar-refractivity contribution in [3.63, 3.8) is 0 Å². The van der Waals surface area contributed by atoms with Gasteiger partial charge in [-0.15, -0.1) is 0 Å². The Labute approximate surface area is 124 Å². The van der Waals surface area contributed by atoms with Crippen molar-refractivity contribution in [3.05, 3.63) is 29.5 Å². The first kappa shape index (κ1) is 14.9. The summed E-state index contributed by atoms with van der Waals surface area (Å²) in [4.78, 5) is 23.0. The van der Waals surface area contributed by atoms with Crippen molar-refractivity contribution in [2.75, 3.05) is 19.5 Å². The number of aryl methyl sites for hydroxylation is 1. The molecular formula is C13H13N3O4S. The van der Waals surface area contributed by atoms with Crippen LogP contribution >= 0.6 is 11.7 Å². The molecule has 110 valence electrons. The van der Waals surface area contributed by atoms with Gasteiger partial charge in [0, 0.05) is 5.69 Å². The van der Waals surface area contributed by atoms with Crippen molar-refractivity contribution in [1.29, 1.82) is 0 Å². The SMILES string of the molecule is COC(=O)/C=C(/Nc1cc2nsnc2cc1C)C(=O)OC. The van der Waals surface area contributed by atoms with Gasteiger partial charge in [-0.1, -0.05) is 0 Å². The number of anilines is 1. The second-order valence-corrected chi connectivity index (χ2v) is 4.65. The molecule has 1 aromatic heterocycles. The lowest BCUT2D eigenvalue weighted by Crippen LogP contribution is -2.16. The molecule has 0 fully saturated rings.